The lowest BCUT2D eigenvalue weighted by Gasteiger charge is -2.22. The van der Waals surface area contributed by atoms with Crippen molar-refractivity contribution in [1.29, 1.82) is 0 Å². The van der Waals surface area contributed by atoms with E-state index in [9.17, 15) is 14.4 Å². The van der Waals surface area contributed by atoms with E-state index in [0.29, 0.717) is 32.1 Å². The van der Waals surface area contributed by atoms with E-state index >= 15 is 0 Å². The summed E-state index contributed by atoms with van der Waals surface area (Å²) in [6.07, 6.45) is 0. The molecule has 0 unspecified atom stereocenters. The summed E-state index contributed by atoms with van der Waals surface area (Å²) in [6.45, 7) is 3.61. The van der Waals surface area contributed by atoms with E-state index in [1.54, 1.807) is 62.4 Å². The van der Waals surface area contributed by atoms with Crippen LogP contribution in [0, 0.1) is 6.92 Å². The summed E-state index contributed by atoms with van der Waals surface area (Å²) in [4.78, 5) is 45.6. The maximum absolute atomic E-state index is 13.6. The standard InChI is InChI=1S/C24H17ClN2O5S/c1-3-31-23(30)21-12(2)26-24(33-21)27-18(13-8-10-14(25)11-9-13)17-19(28)15-6-4-5-7-16(15)32-20(17)22(27)29/h4-11,18H,3H2,1-2H3/t18-/m0/s1. The number of carbonyl (C=O) groups excluding carboxylic acids is 2. The molecule has 0 N–H and O–H groups in total. The summed E-state index contributed by atoms with van der Waals surface area (Å²) >= 11 is 7.12. The molecule has 2 aromatic heterocycles. The van der Waals surface area contributed by atoms with E-state index < -0.39 is 17.9 Å². The Balaban J connectivity index is 1.74. The van der Waals surface area contributed by atoms with Crippen LogP contribution in [-0.4, -0.2) is 23.5 Å². The Morgan fingerprint density at radius 2 is 1.91 bits per heavy atom. The molecular weight excluding hydrogens is 464 g/mol. The van der Waals surface area contributed by atoms with Gasteiger partial charge in [-0.3, -0.25) is 14.5 Å². The number of hydrogen-bond acceptors (Lipinski definition) is 7. The van der Waals surface area contributed by atoms with Crippen molar-refractivity contribution in [2.45, 2.75) is 19.9 Å². The summed E-state index contributed by atoms with van der Waals surface area (Å²) in [5, 5.41) is 1.18. The molecule has 3 heterocycles. The molecule has 7 nitrogen and oxygen atoms in total. The first-order chi connectivity index (χ1) is 15.9. The summed E-state index contributed by atoms with van der Waals surface area (Å²) in [5.41, 5.74) is 1.37. The van der Waals surface area contributed by atoms with Gasteiger partial charge >= 0.3 is 5.97 Å². The first-order valence-electron chi connectivity index (χ1n) is 10.2. The molecule has 166 valence electrons. The predicted molar refractivity (Wildman–Crippen MR) is 125 cm³/mol. The van der Waals surface area contributed by atoms with Crippen LogP contribution in [0.5, 0.6) is 0 Å². The van der Waals surface area contributed by atoms with Gasteiger partial charge in [0, 0.05) is 5.02 Å². The van der Waals surface area contributed by atoms with Crippen molar-refractivity contribution in [1.82, 2.24) is 4.98 Å². The van der Waals surface area contributed by atoms with Crippen molar-refractivity contribution in [2.24, 2.45) is 0 Å². The Morgan fingerprint density at radius 1 is 1.18 bits per heavy atom. The van der Waals surface area contributed by atoms with E-state index in [-0.39, 0.29) is 28.5 Å². The molecule has 0 radical (unpaired) electrons. The number of carbonyl (C=O) groups is 2. The number of benzene rings is 2. The molecule has 33 heavy (non-hydrogen) atoms. The number of aryl methyl sites for hydroxylation is 1. The third kappa shape index (κ3) is 3.42. The zero-order valence-corrected chi connectivity index (χ0v) is 19.2. The molecule has 0 aliphatic carbocycles. The van der Waals surface area contributed by atoms with Crippen molar-refractivity contribution in [3.05, 3.63) is 91.2 Å². The number of para-hydroxylation sites is 1. The Morgan fingerprint density at radius 3 is 2.64 bits per heavy atom. The van der Waals surface area contributed by atoms with Gasteiger partial charge in [0.05, 0.1) is 29.3 Å². The van der Waals surface area contributed by atoms with Crippen molar-refractivity contribution in [2.75, 3.05) is 11.5 Å². The van der Waals surface area contributed by atoms with E-state index in [0.717, 1.165) is 11.3 Å². The van der Waals surface area contributed by atoms with Crippen LogP contribution in [-0.2, 0) is 4.74 Å². The number of esters is 1. The number of thiazole rings is 1. The quantitative estimate of drug-likeness (QED) is 0.376. The van der Waals surface area contributed by atoms with Gasteiger partial charge in [-0.1, -0.05) is 47.2 Å². The van der Waals surface area contributed by atoms with Gasteiger partial charge in [0.15, 0.2) is 10.6 Å². The molecule has 0 fully saturated rings. The van der Waals surface area contributed by atoms with Crippen LogP contribution < -0.4 is 10.3 Å². The van der Waals surface area contributed by atoms with Crippen molar-refractivity contribution < 1.29 is 18.7 Å². The SMILES string of the molecule is CCOC(=O)c1sc(N2C(=O)c3oc4ccccc4c(=O)c3[C@@H]2c2ccc(Cl)cc2)nc1C. The van der Waals surface area contributed by atoms with E-state index in [1.165, 1.54) is 4.90 Å². The zero-order chi connectivity index (χ0) is 23.3. The maximum Gasteiger partial charge on any atom is 0.350 e. The topological polar surface area (TPSA) is 89.7 Å². The molecule has 0 spiro atoms. The highest BCUT2D eigenvalue weighted by Crippen LogP contribution is 2.43. The molecule has 0 bridgehead atoms. The molecule has 1 atom stereocenters. The number of halogens is 1. The third-order valence-corrected chi connectivity index (χ3v) is 6.80. The lowest BCUT2D eigenvalue weighted by Crippen LogP contribution is -2.29. The summed E-state index contributed by atoms with van der Waals surface area (Å²) < 4.78 is 11.0. The fourth-order valence-corrected chi connectivity index (χ4v) is 5.06. The van der Waals surface area contributed by atoms with Crippen molar-refractivity contribution >= 4 is 50.9 Å². The highest BCUT2D eigenvalue weighted by atomic mass is 35.5. The van der Waals surface area contributed by atoms with Crippen LogP contribution in [0.1, 0.15) is 50.0 Å². The molecule has 5 rings (SSSR count). The molecule has 1 aliphatic rings. The van der Waals surface area contributed by atoms with Gasteiger partial charge < -0.3 is 9.15 Å². The van der Waals surface area contributed by atoms with Gasteiger partial charge in [-0.05, 0) is 43.7 Å². The second-order valence-corrected chi connectivity index (χ2v) is 8.84. The first-order valence-corrected chi connectivity index (χ1v) is 11.4. The zero-order valence-electron chi connectivity index (χ0n) is 17.6. The lowest BCUT2D eigenvalue weighted by atomic mass is 9.99. The number of amides is 1. The number of anilines is 1. The van der Waals surface area contributed by atoms with Gasteiger partial charge in [0.25, 0.3) is 5.91 Å². The average Bonchev–Trinajstić information content (AvgIpc) is 3.32. The van der Waals surface area contributed by atoms with Gasteiger partial charge in [-0.15, -0.1) is 0 Å². The minimum atomic E-state index is -0.786. The van der Waals surface area contributed by atoms with Crippen LogP contribution in [0.15, 0.2) is 57.7 Å². The number of aromatic nitrogens is 1. The predicted octanol–water partition coefficient (Wildman–Crippen LogP) is 5.14. The summed E-state index contributed by atoms with van der Waals surface area (Å²) in [6, 6.07) is 12.9. The van der Waals surface area contributed by atoms with Crippen LogP contribution >= 0.6 is 22.9 Å². The van der Waals surface area contributed by atoms with E-state index in [1.807, 2.05) is 0 Å². The number of hydrogen-bond donors (Lipinski definition) is 0. The summed E-state index contributed by atoms with van der Waals surface area (Å²) in [5.74, 6) is -1.05. The Hall–Kier alpha value is -3.49. The molecule has 9 heteroatoms. The second kappa shape index (κ2) is 8.13. The van der Waals surface area contributed by atoms with Crippen LogP contribution in [0.4, 0.5) is 5.13 Å². The van der Waals surface area contributed by atoms with Gasteiger partial charge in [0.2, 0.25) is 5.76 Å². The van der Waals surface area contributed by atoms with Crippen molar-refractivity contribution in [3.63, 3.8) is 0 Å². The molecule has 0 saturated heterocycles. The first kappa shape index (κ1) is 21.4. The van der Waals surface area contributed by atoms with Gasteiger partial charge in [0.1, 0.15) is 10.5 Å². The minimum Gasteiger partial charge on any atom is -0.462 e. The Labute approximate surface area is 197 Å². The Kier molecular flexibility index (Phi) is 5.26. The summed E-state index contributed by atoms with van der Waals surface area (Å²) in [7, 11) is 0. The molecular formula is C24H17ClN2O5S. The molecule has 1 amide bonds. The largest absolute Gasteiger partial charge is 0.462 e. The molecule has 2 aromatic carbocycles. The van der Waals surface area contributed by atoms with Crippen LogP contribution in [0.25, 0.3) is 11.0 Å². The smallest absolute Gasteiger partial charge is 0.350 e. The third-order valence-electron chi connectivity index (χ3n) is 5.42. The fourth-order valence-electron chi connectivity index (χ4n) is 3.95. The number of nitrogens with zero attached hydrogens (tertiary/aromatic N) is 2. The monoisotopic (exact) mass is 480 g/mol. The normalized spacial score (nSPS) is 15.2. The highest BCUT2D eigenvalue weighted by molar-refractivity contribution is 7.17. The average molecular weight is 481 g/mol. The number of ether oxygens (including phenoxy) is 1. The molecule has 0 saturated carbocycles. The molecule has 1 aliphatic heterocycles. The highest BCUT2D eigenvalue weighted by Gasteiger charge is 2.45. The molecule has 4 aromatic rings. The number of fused-ring (bicyclic) bond motifs is 2. The van der Waals surface area contributed by atoms with Gasteiger partial charge in [-0.2, -0.15) is 0 Å². The fraction of sp³-hybridized carbons (Fsp3) is 0.167. The van der Waals surface area contributed by atoms with Crippen molar-refractivity contribution in [3.8, 4) is 0 Å². The van der Waals surface area contributed by atoms with Crippen LogP contribution in [0.2, 0.25) is 5.02 Å². The second-order valence-electron chi connectivity index (χ2n) is 7.43. The van der Waals surface area contributed by atoms with E-state index in [2.05, 4.69) is 4.98 Å². The van der Waals surface area contributed by atoms with Gasteiger partial charge in [-0.25, -0.2) is 9.78 Å². The minimum absolute atomic E-state index is 0.0378. The van der Waals surface area contributed by atoms with E-state index in [4.69, 9.17) is 20.8 Å². The maximum atomic E-state index is 13.6. The van der Waals surface area contributed by atoms with Crippen LogP contribution in [0.3, 0.4) is 0 Å². The lowest BCUT2D eigenvalue weighted by molar-refractivity contribution is 0.0531. The number of rotatable bonds is 4. The Bertz CT molecular complexity index is 1470.